The van der Waals surface area contributed by atoms with Gasteiger partial charge in [-0.3, -0.25) is 0 Å². The fraction of sp³-hybridized carbons (Fsp3) is 0.625. The Balaban J connectivity index is 1.75. The van der Waals surface area contributed by atoms with Crippen molar-refractivity contribution >= 4 is 11.6 Å². The second-order valence-electron chi connectivity index (χ2n) is 5.82. The molecule has 1 aromatic rings. The summed E-state index contributed by atoms with van der Waals surface area (Å²) >= 11 is 6.16. The van der Waals surface area contributed by atoms with Crippen molar-refractivity contribution in [1.29, 1.82) is 0 Å². The van der Waals surface area contributed by atoms with Crippen LogP contribution in [0.15, 0.2) is 12.1 Å². The van der Waals surface area contributed by atoms with Crippen LogP contribution in [0.2, 0.25) is 5.02 Å². The maximum atomic E-state index is 10.5. The van der Waals surface area contributed by atoms with E-state index in [0.717, 1.165) is 42.2 Å². The van der Waals surface area contributed by atoms with Crippen LogP contribution in [0.5, 0.6) is 5.75 Å². The number of halogens is 1. The molecule has 0 amide bonds. The largest absolute Gasteiger partial charge is 0.493 e. The van der Waals surface area contributed by atoms with Crippen LogP contribution < -0.4 is 4.74 Å². The van der Waals surface area contributed by atoms with E-state index in [9.17, 15) is 5.11 Å². The van der Waals surface area contributed by atoms with Crippen molar-refractivity contribution in [3.05, 3.63) is 28.3 Å². The first-order valence-corrected chi connectivity index (χ1v) is 7.74. The molecule has 3 rings (SSSR count). The van der Waals surface area contributed by atoms with Gasteiger partial charge in [-0.25, -0.2) is 0 Å². The highest BCUT2D eigenvalue weighted by Gasteiger charge is 2.25. The standard InChI is InChI=1S/C16H21ClO2/c17-14-8-12-6-7-19-16(12)13(9-14)10-15(18)11-4-2-1-3-5-11/h8-9,11,15,18H,1-7,10H2. The Kier molecular flexibility index (Phi) is 3.99. The summed E-state index contributed by atoms with van der Waals surface area (Å²) in [5.41, 5.74) is 2.27. The smallest absolute Gasteiger partial charge is 0.126 e. The van der Waals surface area contributed by atoms with Crippen molar-refractivity contribution in [2.45, 2.75) is 51.0 Å². The second kappa shape index (κ2) is 5.72. The van der Waals surface area contributed by atoms with E-state index in [1.165, 1.54) is 24.8 Å². The summed E-state index contributed by atoms with van der Waals surface area (Å²) in [4.78, 5) is 0. The SMILES string of the molecule is OC(Cc1cc(Cl)cc2c1OCC2)C1CCCCC1. The maximum Gasteiger partial charge on any atom is 0.126 e. The molecule has 3 heteroatoms. The van der Waals surface area contributed by atoms with Crippen LogP contribution in [0.4, 0.5) is 0 Å². The molecule has 19 heavy (non-hydrogen) atoms. The normalized spacial score (nSPS) is 20.9. The minimum Gasteiger partial charge on any atom is -0.493 e. The third kappa shape index (κ3) is 2.90. The second-order valence-corrected chi connectivity index (χ2v) is 6.26. The van der Waals surface area contributed by atoms with Gasteiger partial charge >= 0.3 is 0 Å². The molecule has 1 saturated carbocycles. The van der Waals surface area contributed by atoms with Crippen LogP contribution in [-0.4, -0.2) is 17.8 Å². The summed E-state index contributed by atoms with van der Waals surface area (Å²) in [6.07, 6.45) is 7.49. The number of rotatable bonds is 3. The monoisotopic (exact) mass is 280 g/mol. The van der Waals surface area contributed by atoms with Crippen molar-refractivity contribution in [3.8, 4) is 5.75 Å². The van der Waals surface area contributed by atoms with Crippen LogP contribution in [0.25, 0.3) is 0 Å². The van der Waals surface area contributed by atoms with Gasteiger partial charge in [0.15, 0.2) is 0 Å². The van der Waals surface area contributed by atoms with E-state index in [1.807, 2.05) is 12.1 Å². The van der Waals surface area contributed by atoms with Gasteiger partial charge in [0.25, 0.3) is 0 Å². The van der Waals surface area contributed by atoms with E-state index in [4.69, 9.17) is 16.3 Å². The average Bonchev–Trinajstić information content (AvgIpc) is 2.88. The molecule has 2 aliphatic rings. The van der Waals surface area contributed by atoms with E-state index in [0.29, 0.717) is 12.3 Å². The van der Waals surface area contributed by atoms with Crippen molar-refractivity contribution in [2.24, 2.45) is 5.92 Å². The number of ether oxygens (including phenoxy) is 1. The zero-order valence-corrected chi connectivity index (χ0v) is 12.0. The van der Waals surface area contributed by atoms with E-state index in [2.05, 4.69) is 0 Å². The summed E-state index contributed by atoms with van der Waals surface area (Å²) in [7, 11) is 0. The summed E-state index contributed by atoms with van der Waals surface area (Å²) in [6.45, 7) is 0.738. The molecule has 1 aromatic carbocycles. The third-order valence-electron chi connectivity index (χ3n) is 4.45. The van der Waals surface area contributed by atoms with Crippen molar-refractivity contribution < 1.29 is 9.84 Å². The molecule has 1 heterocycles. The fourth-order valence-corrected chi connectivity index (χ4v) is 3.67. The van der Waals surface area contributed by atoms with Gasteiger partial charge in [0.2, 0.25) is 0 Å². The van der Waals surface area contributed by atoms with Crippen molar-refractivity contribution in [1.82, 2.24) is 0 Å². The minimum absolute atomic E-state index is 0.257. The molecule has 1 fully saturated rings. The van der Waals surface area contributed by atoms with Gasteiger partial charge in [-0.05, 0) is 42.0 Å². The number of aliphatic hydroxyl groups excluding tert-OH is 1. The van der Waals surface area contributed by atoms with E-state index < -0.39 is 0 Å². The zero-order valence-electron chi connectivity index (χ0n) is 11.2. The summed E-state index contributed by atoms with van der Waals surface area (Å²) in [5.74, 6) is 1.42. The third-order valence-corrected chi connectivity index (χ3v) is 4.67. The minimum atomic E-state index is -0.257. The van der Waals surface area contributed by atoms with Gasteiger partial charge in [-0.2, -0.15) is 0 Å². The predicted octanol–water partition coefficient (Wildman–Crippen LogP) is 3.76. The Bertz CT molecular complexity index is 452. The number of hydrogen-bond donors (Lipinski definition) is 1. The fourth-order valence-electron chi connectivity index (χ4n) is 3.41. The van der Waals surface area contributed by atoms with E-state index >= 15 is 0 Å². The average molecular weight is 281 g/mol. The molecule has 104 valence electrons. The Morgan fingerprint density at radius 2 is 2.05 bits per heavy atom. The molecule has 0 bridgehead atoms. The predicted molar refractivity (Wildman–Crippen MR) is 76.9 cm³/mol. The summed E-state index contributed by atoms with van der Waals surface area (Å²) in [6, 6.07) is 3.94. The van der Waals surface area contributed by atoms with Crippen LogP contribution in [0.1, 0.15) is 43.2 Å². The van der Waals surface area contributed by atoms with E-state index in [-0.39, 0.29) is 6.10 Å². The molecule has 1 N–H and O–H groups in total. The summed E-state index contributed by atoms with van der Waals surface area (Å²) < 4.78 is 5.70. The topological polar surface area (TPSA) is 29.5 Å². The highest BCUT2D eigenvalue weighted by atomic mass is 35.5. The lowest BCUT2D eigenvalue weighted by atomic mass is 9.83. The van der Waals surface area contributed by atoms with Gasteiger partial charge in [0.05, 0.1) is 12.7 Å². The van der Waals surface area contributed by atoms with Crippen molar-refractivity contribution in [2.75, 3.05) is 6.61 Å². The number of hydrogen-bond acceptors (Lipinski definition) is 2. The Hall–Kier alpha value is -0.730. The van der Waals surface area contributed by atoms with E-state index in [1.54, 1.807) is 0 Å². The molecular formula is C16H21ClO2. The quantitative estimate of drug-likeness (QED) is 0.913. The number of fused-ring (bicyclic) bond motifs is 1. The number of aliphatic hydroxyl groups is 1. The molecule has 1 aliphatic carbocycles. The van der Waals surface area contributed by atoms with Crippen LogP contribution in [0, 0.1) is 5.92 Å². The van der Waals surface area contributed by atoms with Crippen LogP contribution >= 0.6 is 11.6 Å². The molecule has 0 radical (unpaired) electrons. The Morgan fingerprint density at radius 1 is 1.26 bits per heavy atom. The molecule has 1 unspecified atom stereocenters. The summed E-state index contributed by atoms with van der Waals surface area (Å²) in [5, 5.41) is 11.2. The zero-order chi connectivity index (χ0) is 13.2. The lowest BCUT2D eigenvalue weighted by Crippen LogP contribution is -2.25. The molecule has 2 nitrogen and oxygen atoms in total. The van der Waals surface area contributed by atoms with Crippen molar-refractivity contribution in [3.63, 3.8) is 0 Å². The van der Waals surface area contributed by atoms with Gasteiger partial charge in [-0.1, -0.05) is 30.9 Å². The Morgan fingerprint density at radius 3 is 2.84 bits per heavy atom. The van der Waals surface area contributed by atoms with Crippen LogP contribution in [0.3, 0.4) is 0 Å². The number of benzene rings is 1. The molecule has 0 saturated heterocycles. The highest BCUT2D eigenvalue weighted by molar-refractivity contribution is 6.30. The highest BCUT2D eigenvalue weighted by Crippen LogP contribution is 2.35. The first-order valence-electron chi connectivity index (χ1n) is 7.36. The first-order chi connectivity index (χ1) is 9.24. The van der Waals surface area contributed by atoms with Gasteiger partial charge in [0, 0.05) is 17.9 Å². The molecule has 1 aliphatic heterocycles. The first kappa shape index (κ1) is 13.3. The molecule has 0 spiro atoms. The molecule has 0 aromatic heterocycles. The van der Waals surface area contributed by atoms with Gasteiger partial charge in [0.1, 0.15) is 5.75 Å². The molecular weight excluding hydrogens is 260 g/mol. The molecule has 1 atom stereocenters. The maximum absolute atomic E-state index is 10.5. The lowest BCUT2D eigenvalue weighted by molar-refractivity contribution is 0.0845. The van der Waals surface area contributed by atoms with Gasteiger partial charge in [-0.15, -0.1) is 0 Å². The Labute approximate surface area is 119 Å². The lowest BCUT2D eigenvalue weighted by Gasteiger charge is -2.27. The van der Waals surface area contributed by atoms with Gasteiger partial charge < -0.3 is 9.84 Å². The van der Waals surface area contributed by atoms with Crippen LogP contribution in [-0.2, 0) is 12.8 Å².